The third-order valence-corrected chi connectivity index (χ3v) is 4.67. The predicted molar refractivity (Wildman–Crippen MR) is 70.2 cm³/mol. The summed E-state index contributed by atoms with van der Waals surface area (Å²) in [7, 11) is 0. The molecule has 2 aliphatic rings. The monoisotopic (exact) mass is 251 g/mol. The average molecular weight is 251 g/mol. The summed E-state index contributed by atoms with van der Waals surface area (Å²) in [5, 5.41) is 9.24. The van der Waals surface area contributed by atoms with Gasteiger partial charge in [-0.25, -0.2) is 4.42 Å². The molecule has 0 amide bonds. The van der Waals surface area contributed by atoms with E-state index in [1.165, 1.54) is 5.57 Å². The minimum absolute atomic E-state index is 0.148. The van der Waals surface area contributed by atoms with Crippen LogP contribution >= 0.6 is 0 Å². The Labute approximate surface area is 109 Å². The van der Waals surface area contributed by atoms with Crippen LogP contribution in [0.4, 0.5) is 0 Å². The van der Waals surface area contributed by atoms with Crippen molar-refractivity contribution in [1.29, 1.82) is 0 Å². The Bertz CT molecular complexity index is 395. The van der Waals surface area contributed by atoms with Gasteiger partial charge in [0.1, 0.15) is 0 Å². The predicted octanol–water partition coefficient (Wildman–Crippen LogP) is 3.17. The summed E-state index contributed by atoms with van der Waals surface area (Å²) >= 11 is 0. The van der Waals surface area contributed by atoms with E-state index >= 15 is 0 Å². The fourth-order valence-electron chi connectivity index (χ4n) is 3.34. The highest BCUT2D eigenvalue weighted by atomic mass is 16.4. The first-order valence-electron chi connectivity index (χ1n) is 6.92. The maximum atomic E-state index is 11.2. The third-order valence-electron chi connectivity index (χ3n) is 4.67. The van der Waals surface area contributed by atoms with Crippen LogP contribution in [0.25, 0.3) is 0 Å². The molecule has 0 aromatic rings. The van der Waals surface area contributed by atoms with Crippen molar-refractivity contribution in [2.75, 3.05) is 0 Å². The molecule has 1 heterocycles. The molecule has 0 saturated heterocycles. The number of rotatable bonds is 2. The first kappa shape index (κ1) is 13.3. The van der Waals surface area contributed by atoms with E-state index in [-0.39, 0.29) is 11.8 Å². The molecular weight excluding hydrogens is 228 g/mol. The molecule has 0 aromatic heterocycles. The highest BCUT2D eigenvalue weighted by Gasteiger charge is 2.40. The van der Waals surface area contributed by atoms with E-state index in [2.05, 4.69) is 6.92 Å². The fourth-order valence-corrected chi connectivity index (χ4v) is 3.34. The van der Waals surface area contributed by atoms with Gasteiger partial charge in [-0.1, -0.05) is 13.8 Å². The number of carbonyl (C=O) groups is 1. The second-order valence-corrected chi connectivity index (χ2v) is 5.87. The van der Waals surface area contributed by atoms with E-state index in [1.807, 2.05) is 20.1 Å². The molecule has 3 nitrogen and oxygen atoms in total. The van der Waals surface area contributed by atoms with Gasteiger partial charge in [-0.05, 0) is 31.1 Å². The summed E-state index contributed by atoms with van der Waals surface area (Å²) in [6.07, 6.45) is 6.04. The molecule has 0 unspecified atom stereocenters. The molecule has 0 radical (unpaired) electrons. The van der Waals surface area contributed by atoms with E-state index in [4.69, 9.17) is 4.42 Å². The van der Waals surface area contributed by atoms with Gasteiger partial charge in [-0.3, -0.25) is 4.79 Å². The lowest BCUT2D eigenvalue weighted by atomic mass is 9.66. The minimum atomic E-state index is -0.695. The van der Waals surface area contributed by atoms with Gasteiger partial charge in [0.15, 0.2) is 0 Å². The number of carboxylic acids is 1. The number of carbonyl (C=O) groups excluding carboxylic acids is 1. The molecule has 4 atom stereocenters. The highest BCUT2D eigenvalue weighted by Crippen LogP contribution is 2.44. The number of fused-ring (bicyclic) bond motifs is 1. The van der Waals surface area contributed by atoms with Crippen molar-refractivity contribution in [3.63, 3.8) is 0 Å². The average Bonchev–Trinajstić information content (AvgIpc) is 2.52. The van der Waals surface area contributed by atoms with E-state index in [9.17, 15) is 9.90 Å². The smallest absolute Gasteiger partial charge is 0.317 e. The molecule has 2 rings (SSSR count). The standard InChI is InChI=1S/C15H22O3/c1-9-4-6-13(11(3)15(16)17)14-8-18-10(2)5-7-12(9)14/h8-9,11-13H,4-7H2,1-3H3/p+1/t9-,11-,12+,13+/m1/s1. The summed E-state index contributed by atoms with van der Waals surface area (Å²) in [6.45, 7) is 6.11. The zero-order chi connectivity index (χ0) is 13.3. The summed E-state index contributed by atoms with van der Waals surface area (Å²) in [5.41, 5.74) is 1.24. The quantitative estimate of drug-likeness (QED) is 0.766. The van der Waals surface area contributed by atoms with Crippen LogP contribution in [-0.2, 0) is 9.22 Å². The van der Waals surface area contributed by atoms with Gasteiger partial charge >= 0.3 is 18.0 Å². The van der Waals surface area contributed by atoms with Gasteiger partial charge in [-0.15, -0.1) is 0 Å². The molecule has 0 spiro atoms. The lowest BCUT2D eigenvalue weighted by Crippen LogP contribution is -2.32. The van der Waals surface area contributed by atoms with Crippen molar-refractivity contribution in [2.24, 2.45) is 23.7 Å². The van der Waals surface area contributed by atoms with Crippen molar-refractivity contribution in [1.82, 2.24) is 0 Å². The molecule has 100 valence electrons. The first-order chi connectivity index (χ1) is 8.50. The summed E-state index contributed by atoms with van der Waals surface area (Å²) in [4.78, 5) is 11.2. The molecule has 1 saturated carbocycles. The van der Waals surface area contributed by atoms with E-state index in [0.29, 0.717) is 11.8 Å². The fraction of sp³-hybridized carbons (Fsp3) is 0.733. The van der Waals surface area contributed by atoms with Crippen LogP contribution in [0.3, 0.4) is 0 Å². The molecule has 1 aliphatic heterocycles. The Balaban J connectivity index is 2.29. The molecule has 3 heteroatoms. The van der Waals surface area contributed by atoms with Crippen LogP contribution in [-0.4, -0.2) is 16.9 Å². The van der Waals surface area contributed by atoms with Crippen molar-refractivity contribution < 1.29 is 14.3 Å². The van der Waals surface area contributed by atoms with Gasteiger partial charge < -0.3 is 5.11 Å². The molecule has 1 N–H and O–H groups in total. The van der Waals surface area contributed by atoms with Crippen LogP contribution in [0.1, 0.15) is 46.5 Å². The summed E-state index contributed by atoms with van der Waals surface area (Å²) in [6, 6.07) is 0. The van der Waals surface area contributed by atoms with Crippen LogP contribution in [0, 0.1) is 23.7 Å². The van der Waals surface area contributed by atoms with E-state index in [1.54, 1.807) is 0 Å². The van der Waals surface area contributed by atoms with Crippen LogP contribution in [0.15, 0.2) is 11.8 Å². The third kappa shape index (κ3) is 2.50. The van der Waals surface area contributed by atoms with Crippen molar-refractivity contribution in [2.45, 2.75) is 46.5 Å². The number of aliphatic carboxylic acids is 1. The number of hydrogen-bond acceptors (Lipinski definition) is 1. The molecule has 1 fully saturated rings. The second-order valence-electron chi connectivity index (χ2n) is 5.87. The SMILES string of the molecule is CC1=[O+]C=C2[C@@H](CC1)[C@H](C)CC[C@H]2[C@@H](C)C(=O)O. The lowest BCUT2D eigenvalue weighted by molar-refractivity contribution is -0.376. The second kappa shape index (κ2) is 5.25. The summed E-state index contributed by atoms with van der Waals surface area (Å²) in [5.74, 6) is 1.33. The summed E-state index contributed by atoms with van der Waals surface area (Å²) < 4.78 is 5.64. The van der Waals surface area contributed by atoms with Crippen molar-refractivity contribution in [3.8, 4) is 0 Å². The molecule has 0 bridgehead atoms. The number of ketones is 1. The first-order valence-corrected chi connectivity index (χ1v) is 6.92. The number of hydrogen-bond donors (Lipinski definition) is 1. The minimum Gasteiger partial charge on any atom is -0.481 e. The Morgan fingerprint density at radius 2 is 2.17 bits per heavy atom. The maximum absolute atomic E-state index is 11.2. The Morgan fingerprint density at radius 3 is 2.83 bits per heavy atom. The molecular formula is C15H23O3+. The normalized spacial score (nSPS) is 33.8. The van der Waals surface area contributed by atoms with Crippen molar-refractivity contribution >= 4 is 11.8 Å². The Hall–Kier alpha value is -1.12. The number of allylic oxidation sites excluding steroid dienone is 1. The Morgan fingerprint density at radius 1 is 1.44 bits per heavy atom. The highest BCUT2D eigenvalue weighted by molar-refractivity contribution is 5.76. The Kier molecular flexibility index (Phi) is 3.88. The maximum Gasteiger partial charge on any atom is 0.317 e. The van der Waals surface area contributed by atoms with Crippen LogP contribution in [0.5, 0.6) is 0 Å². The molecule has 1 aliphatic carbocycles. The molecule has 0 aromatic carbocycles. The zero-order valence-corrected chi connectivity index (χ0v) is 11.5. The van der Waals surface area contributed by atoms with Gasteiger partial charge in [-0.2, -0.15) is 0 Å². The lowest BCUT2D eigenvalue weighted by Gasteiger charge is -2.36. The van der Waals surface area contributed by atoms with Gasteiger partial charge in [0.05, 0.1) is 12.3 Å². The topological polar surface area (TPSA) is 48.6 Å². The van der Waals surface area contributed by atoms with Gasteiger partial charge in [0.25, 0.3) is 0 Å². The van der Waals surface area contributed by atoms with Crippen LogP contribution in [0.2, 0.25) is 0 Å². The van der Waals surface area contributed by atoms with Gasteiger partial charge in [0.2, 0.25) is 0 Å². The van der Waals surface area contributed by atoms with Gasteiger partial charge in [0, 0.05) is 18.4 Å². The molecule has 18 heavy (non-hydrogen) atoms. The number of carboxylic acid groups (broad SMARTS) is 1. The van der Waals surface area contributed by atoms with E-state index < -0.39 is 5.97 Å². The van der Waals surface area contributed by atoms with Crippen LogP contribution < -0.4 is 0 Å². The zero-order valence-electron chi connectivity index (χ0n) is 11.5. The van der Waals surface area contributed by atoms with Crippen molar-refractivity contribution in [3.05, 3.63) is 11.8 Å². The largest absolute Gasteiger partial charge is 0.481 e. The van der Waals surface area contributed by atoms with E-state index in [0.717, 1.165) is 31.5 Å².